The summed E-state index contributed by atoms with van der Waals surface area (Å²) in [5.41, 5.74) is 0. The van der Waals surface area contributed by atoms with Gasteiger partial charge in [0.25, 0.3) is 0 Å². The van der Waals surface area contributed by atoms with Crippen molar-refractivity contribution in [1.82, 2.24) is 10.6 Å². The predicted molar refractivity (Wildman–Crippen MR) is 59.5 cm³/mol. The largest absolute Gasteiger partial charge is 0.471 e. The molecule has 0 heterocycles. The number of hydrogen-bond donors (Lipinski definition) is 2. The molecule has 1 aromatic rings. The Labute approximate surface area is 106 Å². The molecule has 5 nitrogen and oxygen atoms in total. The first-order chi connectivity index (χ1) is 8.89. The van der Waals surface area contributed by atoms with Gasteiger partial charge in [-0.3, -0.25) is 4.79 Å². The monoisotopic (exact) mass is 276 g/mol. The van der Waals surface area contributed by atoms with E-state index in [1.54, 1.807) is 35.6 Å². The van der Waals surface area contributed by atoms with Crippen molar-refractivity contribution in [2.45, 2.75) is 6.18 Å². The Morgan fingerprint density at radius 1 is 1.05 bits per heavy atom. The molecule has 1 rings (SSSR count). The molecule has 104 valence electrons. The SMILES string of the molecule is O=C(NCCNC(=O)C(F)(F)F)Oc1ccccc1. The summed E-state index contributed by atoms with van der Waals surface area (Å²) in [7, 11) is 0. The Morgan fingerprint density at radius 2 is 1.63 bits per heavy atom. The maximum atomic E-state index is 11.8. The average molecular weight is 276 g/mol. The third-order valence-electron chi connectivity index (χ3n) is 1.89. The smallest absolute Gasteiger partial charge is 0.410 e. The minimum atomic E-state index is -4.93. The second kappa shape index (κ2) is 6.62. The number of carbonyl (C=O) groups is 2. The van der Waals surface area contributed by atoms with E-state index in [1.807, 2.05) is 0 Å². The van der Waals surface area contributed by atoms with E-state index in [0.29, 0.717) is 5.75 Å². The Kier molecular flexibility index (Phi) is 5.16. The molecule has 0 aromatic heterocycles. The number of halogens is 3. The van der Waals surface area contributed by atoms with Gasteiger partial charge in [0.1, 0.15) is 5.75 Å². The van der Waals surface area contributed by atoms with Gasteiger partial charge in [-0.25, -0.2) is 4.79 Å². The number of alkyl halides is 3. The standard InChI is InChI=1S/C11H11F3N2O3/c12-11(13,14)9(17)15-6-7-16-10(18)19-8-4-2-1-3-5-8/h1-5H,6-7H2,(H,15,17)(H,16,18). The number of hydrogen-bond acceptors (Lipinski definition) is 3. The van der Waals surface area contributed by atoms with Gasteiger partial charge in [-0.2, -0.15) is 13.2 Å². The van der Waals surface area contributed by atoms with E-state index in [1.165, 1.54) is 0 Å². The number of nitrogens with one attached hydrogen (secondary N) is 2. The van der Waals surface area contributed by atoms with Gasteiger partial charge < -0.3 is 15.4 Å². The van der Waals surface area contributed by atoms with Crippen molar-refractivity contribution in [3.05, 3.63) is 30.3 Å². The molecule has 0 spiro atoms. The zero-order chi connectivity index (χ0) is 14.3. The molecule has 0 saturated heterocycles. The Balaban J connectivity index is 2.20. The molecule has 8 heteroatoms. The van der Waals surface area contributed by atoms with Gasteiger partial charge in [0.2, 0.25) is 0 Å². The molecule has 0 unspecified atom stereocenters. The van der Waals surface area contributed by atoms with E-state index in [9.17, 15) is 22.8 Å². The number of rotatable bonds is 4. The highest BCUT2D eigenvalue weighted by Gasteiger charge is 2.38. The van der Waals surface area contributed by atoms with Crippen LogP contribution in [0.3, 0.4) is 0 Å². The van der Waals surface area contributed by atoms with Crippen LogP contribution in [-0.2, 0) is 4.79 Å². The van der Waals surface area contributed by atoms with Crippen LogP contribution in [-0.4, -0.2) is 31.3 Å². The summed E-state index contributed by atoms with van der Waals surface area (Å²) in [5.74, 6) is -1.75. The van der Waals surface area contributed by atoms with E-state index < -0.39 is 18.2 Å². The van der Waals surface area contributed by atoms with Gasteiger partial charge >= 0.3 is 18.2 Å². The Bertz CT molecular complexity index is 435. The fourth-order valence-electron chi connectivity index (χ4n) is 1.07. The van der Waals surface area contributed by atoms with Gasteiger partial charge in [0.15, 0.2) is 0 Å². The minimum Gasteiger partial charge on any atom is -0.410 e. The zero-order valence-electron chi connectivity index (χ0n) is 9.66. The van der Waals surface area contributed by atoms with Gasteiger partial charge in [-0.15, -0.1) is 0 Å². The van der Waals surface area contributed by atoms with Crippen LogP contribution in [0.5, 0.6) is 5.75 Å². The average Bonchev–Trinajstić information content (AvgIpc) is 2.34. The summed E-state index contributed by atoms with van der Waals surface area (Å²) < 4.78 is 40.2. The van der Waals surface area contributed by atoms with E-state index in [4.69, 9.17) is 4.74 Å². The molecule has 0 radical (unpaired) electrons. The molecule has 1 aromatic carbocycles. The van der Waals surface area contributed by atoms with Crippen molar-refractivity contribution in [1.29, 1.82) is 0 Å². The summed E-state index contributed by atoms with van der Waals surface area (Å²) >= 11 is 0. The van der Waals surface area contributed by atoms with Crippen LogP contribution in [0.25, 0.3) is 0 Å². The third kappa shape index (κ3) is 5.75. The van der Waals surface area contributed by atoms with Gasteiger partial charge in [0.05, 0.1) is 0 Å². The van der Waals surface area contributed by atoms with Crippen molar-refractivity contribution in [3.63, 3.8) is 0 Å². The molecular formula is C11H11F3N2O3. The Morgan fingerprint density at radius 3 is 2.21 bits per heavy atom. The molecule has 0 atom stereocenters. The van der Waals surface area contributed by atoms with E-state index in [-0.39, 0.29) is 13.1 Å². The molecule has 0 aliphatic rings. The van der Waals surface area contributed by atoms with Crippen LogP contribution in [0.2, 0.25) is 0 Å². The molecular weight excluding hydrogens is 265 g/mol. The number of para-hydroxylation sites is 1. The lowest BCUT2D eigenvalue weighted by molar-refractivity contribution is -0.173. The Hall–Kier alpha value is -2.25. The van der Waals surface area contributed by atoms with Gasteiger partial charge in [-0.1, -0.05) is 18.2 Å². The molecule has 2 amide bonds. The summed E-state index contributed by atoms with van der Waals surface area (Å²) in [5, 5.41) is 3.80. The van der Waals surface area contributed by atoms with Crippen LogP contribution >= 0.6 is 0 Å². The van der Waals surface area contributed by atoms with Crippen molar-refractivity contribution < 1.29 is 27.5 Å². The lowest BCUT2D eigenvalue weighted by Gasteiger charge is -2.09. The fourth-order valence-corrected chi connectivity index (χ4v) is 1.07. The molecule has 0 bridgehead atoms. The predicted octanol–water partition coefficient (Wildman–Crippen LogP) is 1.45. The quantitative estimate of drug-likeness (QED) is 0.818. The van der Waals surface area contributed by atoms with Gasteiger partial charge in [-0.05, 0) is 12.1 Å². The van der Waals surface area contributed by atoms with Gasteiger partial charge in [0, 0.05) is 13.1 Å². The molecule has 2 N–H and O–H groups in total. The summed E-state index contributed by atoms with van der Waals surface area (Å²) in [4.78, 5) is 21.6. The highest BCUT2D eigenvalue weighted by atomic mass is 19.4. The normalized spacial score (nSPS) is 10.7. The summed E-state index contributed by atoms with van der Waals surface area (Å²) in [6.07, 6.45) is -5.74. The number of carbonyl (C=O) groups excluding carboxylic acids is 2. The highest BCUT2D eigenvalue weighted by Crippen LogP contribution is 2.13. The second-order valence-electron chi connectivity index (χ2n) is 3.38. The number of benzene rings is 1. The van der Waals surface area contributed by atoms with Crippen molar-refractivity contribution in [2.24, 2.45) is 0 Å². The van der Waals surface area contributed by atoms with Crippen molar-refractivity contribution in [2.75, 3.05) is 13.1 Å². The summed E-state index contributed by atoms with van der Waals surface area (Å²) in [6.45, 7) is -0.518. The van der Waals surface area contributed by atoms with Crippen LogP contribution < -0.4 is 15.4 Å². The maximum Gasteiger partial charge on any atom is 0.471 e. The molecule has 0 saturated carbocycles. The van der Waals surface area contributed by atoms with Crippen molar-refractivity contribution >= 4 is 12.0 Å². The van der Waals surface area contributed by atoms with E-state index in [2.05, 4.69) is 5.32 Å². The summed E-state index contributed by atoms with van der Waals surface area (Å²) in [6, 6.07) is 8.14. The second-order valence-corrected chi connectivity index (χ2v) is 3.38. The molecule has 19 heavy (non-hydrogen) atoms. The molecule has 0 aliphatic heterocycles. The van der Waals surface area contributed by atoms with E-state index in [0.717, 1.165) is 0 Å². The first kappa shape index (κ1) is 14.8. The minimum absolute atomic E-state index is 0.173. The van der Waals surface area contributed by atoms with Crippen LogP contribution in [0.1, 0.15) is 0 Å². The zero-order valence-corrected chi connectivity index (χ0v) is 9.66. The van der Waals surface area contributed by atoms with Crippen LogP contribution in [0.4, 0.5) is 18.0 Å². The topological polar surface area (TPSA) is 67.4 Å². The molecule has 0 fully saturated rings. The van der Waals surface area contributed by atoms with E-state index >= 15 is 0 Å². The molecule has 0 aliphatic carbocycles. The first-order valence-electron chi connectivity index (χ1n) is 5.25. The third-order valence-corrected chi connectivity index (χ3v) is 1.89. The first-order valence-corrected chi connectivity index (χ1v) is 5.25. The van der Waals surface area contributed by atoms with Crippen LogP contribution in [0, 0.1) is 0 Å². The number of ether oxygens (including phenoxy) is 1. The van der Waals surface area contributed by atoms with Crippen molar-refractivity contribution in [3.8, 4) is 5.75 Å². The fraction of sp³-hybridized carbons (Fsp3) is 0.273. The van der Waals surface area contributed by atoms with Crippen LogP contribution in [0.15, 0.2) is 30.3 Å². The lowest BCUT2D eigenvalue weighted by Crippen LogP contribution is -2.41. The highest BCUT2D eigenvalue weighted by molar-refractivity contribution is 5.81. The number of amides is 2. The maximum absolute atomic E-state index is 11.8. The lowest BCUT2D eigenvalue weighted by atomic mass is 10.3.